The summed E-state index contributed by atoms with van der Waals surface area (Å²) in [5.41, 5.74) is 0. The second-order valence-electron chi connectivity index (χ2n) is 3.70. The predicted molar refractivity (Wildman–Crippen MR) is 63.8 cm³/mol. The van der Waals surface area contributed by atoms with Crippen molar-refractivity contribution >= 4 is 17.8 Å². The number of carboxylic acids is 1. The SMILES string of the molecule is CCC(=O)NCCN(CCO)C(=O)CCC(=O)O. The summed E-state index contributed by atoms with van der Waals surface area (Å²) in [4.78, 5) is 34.3. The standard InChI is InChI=1S/C11H20N2O5/c1-2-9(15)12-5-6-13(7-8-14)10(16)3-4-11(17)18/h14H,2-8H2,1H3,(H,12,15)(H,17,18). The Kier molecular flexibility index (Phi) is 8.55. The highest BCUT2D eigenvalue weighted by Gasteiger charge is 2.14. The number of aliphatic hydroxyl groups is 1. The number of nitrogens with zero attached hydrogens (tertiary/aromatic N) is 1. The molecule has 18 heavy (non-hydrogen) atoms. The van der Waals surface area contributed by atoms with Crippen molar-refractivity contribution in [3.05, 3.63) is 0 Å². The lowest BCUT2D eigenvalue weighted by Crippen LogP contribution is -2.40. The van der Waals surface area contributed by atoms with E-state index in [1.165, 1.54) is 4.90 Å². The summed E-state index contributed by atoms with van der Waals surface area (Å²) >= 11 is 0. The van der Waals surface area contributed by atoms with Gasteiger partial charge in [-0.15, -0.1) is 0 Å². The maximum absolute atomic E-state index is 11.6. The van der Waals surface area contributed by atoms with Crippen LogP contribution in [0.25, 0.3) is 0 Å². The first kappa shape index (κ1) is 16.4. The van der Waals surface area contributed by atoms with Crippen LogP contribution in [0, 0.1) is 0 Å². The molecule has 0 aliphatic carbocycles. The highest BCUT2D eigenvalue weighted by atomic mass is 16.4. The number of hydrogen-bond acceptors (Lipinski definition) is 4. The Morgan fingerprint density at radius 2 is 1.83 bits per heavy atom. The molecule has 0 rings (SSSR count). The molecule has 0 bridgehead atoms. The molecule has 0 unspecified atom stereocenters. The second-order valence-corrected chi connectivity index (χ2v) is 3.70. The minimum atomic E-state index is -1.04. The van der Waals surface area contributed by atoms with Crippen LogP contribution >= 0.6 is 0 Å². The van der Waals surface area contributed by atoms with Crippen molar-refractivity contribution < 1.29 is 24.6 Å². The van der Waals surface area contributed by atoms with Crippen LogP contribution in [0.2, 0.25) is 0 Å². The highest BCUT2D eigenvalue weighted by molar-refractivity contribution is 5.80. The Morgan fingerprint density at radius 3 is 2.33 bits per heavy atom. The molecule has 0 aliphatic rings. The van der Waals surface area contributed by atoms with Crippen LogP contribution in [0.4, 0.5) is 0 Å². The molecule has 0 radical (unpaired) electrons. The molecule has 2 amide bonds. The molecule has 0 aromatic rings. The third-order valence-corrected chi connectivity index (χ3v) is 2.30. The van der Waals surface area contributed by atoms with Gasteiger partial charge in [0.25, 0.3) is 0 Å². The first-order valence-electron chi connectivity index (χ1n) is 5.88. The molecule has 7 nitrogen and oxygen atoms in total. The molecule has 0 spiro atoms. The van der Waals surface area contributed by atoms with Crippen molar-refractivity contribution in [1.82, 2.24) is 10.2 Å². The van der Waals surface area contributed by atoms with E-state index in [1.54, 1.807) is 6.92 Å². The van der Waals surface area contributed by atoms with Crippen molar-refractivity contribution in [3.63, 3.8) is 0 Å². The number of aliphatic hydroxyl groups excluding tert-OH is 1. The third-order valence-electron chi connectivity index (χ3n) is 2.30. The van der Waals surface area contributed by atoms with Gasteiger partial charge < -0.3 is 20.4 Å². The molecule has 0 aromatic carbocycles. The van der Waals surface area contributed by atoms with Crippen LogP contribution in [-0.2, 0) is 14.4 Å². The van der Waals surface area contributed by atoms with Crippen LogP contribution in [0.5, 0.6) is 0 Å². The lowest BCUT2D eigenvalue weighted by Gasteiger charge is -2.21. The minimum absolute atomic E-state index is 0.100. The number of carbonyl (C=O) groups excluding carboxylic acids is 2. The van der Waals surface area contributed by atoms with E-state index in [1.807, 2.05) is 0 Å². The molecule has 0 aliphatic heterocycles. The first-order valence-corrected chi connectivity index (χ1v) is 5.88. The van der Waals surface area contributed by atoms with E-state index in [0.717, 1.165) is 0 Å². The first-order chi connectivity index (χ1) is 8.51. The van der Waals surface area contributed by atoms with Gasteiger partial charge in [0.05, 0.1) is 13.0 Å². The molecule has 0 fully saturated rings. The molecule has 7 heteroatoms. The molecule has 104 valence electrons. The Labute approximate surface area is 106 Å². The zero-order valence-electron chi connectivity index (χ0n) is 10.5. The fourth-order valence-electron chi connectivity index (χ4n) is 1.31. The zero-order chi connectivity index (χ0) is 14.0. The van der Waals surface area contributed by atoms with Gasteiger partial charge in [-0.2, -0.15) is 0 Å². The largest absolute Gasteiger partial charge is 0.481 e. The molecular formula is C11H20N2O5. The molecule has 0 saturated heterocycles. The van der Waals surface area contributed by atoms with Crippen LogP contribution in [0.15, 0.2) is 0 Å². The molecule has 0 heterocycles. The summed E-state index contributed by atoms with van der Waals surface area (Å²) in [6, 6.07) is 0. The topological polar surface area (TPSA) is 107 Å². The Morgan fingerprint density at radius 1 is 1.17 bits per heavy atom. The molecule has 0 aromatic heterocycles. The van der Waals surface area contributed by atoms with Gasteiger partial charge in [-0.05, 0) is 0 Å². The number of aliphatic carboxylic acids is 1. The van der Waals surface area contributed by atoms with Gasteiger partial charge >= 0.3 is 5.97 Å². The number of amides is 2. The van der Waals surface area contributed by atoms with E-state index in [9.17, 15) is 14.4 Å². The van der Waals surface area contributed by atoms with E-state index in [4.69, 9.17) is 10.2 Å². The fourth-order valence-corrected chi connectivity index (χ4v) is 1.31. The normalized spacial score (nSPS) is 9.89. The van der Waals surface area contributed by atoms with Crippen molar-refractivity contribution in [2.24, 2.45) is 0 Å². The van der Waals surface area contributed by atoms with E-state index in [0.29, 0.717) is 13.0 Å². The zero-order valence-corrected chi connectivity index (χ0v) is 10.5. The van der Waals surface area contributed by atoms with Gasteiger partial charge in [0.15, 0.2) is 0 Å². The predicted octanol–water partition coefficient (Wildman–Crippen LogP) is -0.802. The minimum Gasteiger partial charge on any atom is -0.481 e. The number of carbonyl (C=O) groups is 3. The third kappa shape index (κ3) is 7.61. The van der Waals surface area contributed by atoms with Gasteiger partial charge in [0, 0.05) is 32.5 Å². The maximum Gasteiger partial charge on any atom is 0.303 e. The fraction of sp³-hybridized carbons (Fsp3) is 0.727. The van der Waals surface area contributed by atoms with Gasteiger partial charge in [0.1, 0.15) is 0 Å². The van der Waals surface area contributed by atoms with Crippen LogP contribution in [0.3, 0.4) is 0 Å². The van der Waals surface area contributed by atoms with Gasteiger partial charge in [-0.25, -0.2) is 0 Å². The molecular weight excluding hydrogens is 240 g/mol. The summed E-state index contributed by atoms with van der Waals surface area (Å²) in [6.45, 7) is 2.23. The van der Waals surface area contributed by atoms with Gasteiger partial charge in [0.2, 0.25) is 11.8 Å². The highest BCUT2D eigenvalue weighted by Crippen LogP contribution is 1.98. The van der Waals surface area contributed by atoms with Crippen molar-refractivity contribution in [3.8, 4) is 0 Å². The van der Waals surface area contributed by atoms with E-state index >= 15 is 0 Å². The van der Waals surface area contributed by atoms with E-state index in [-0.39, 0.29) is 44.4 Å². The van der Waals surface area contributed by atoms with Crippen LogP contribution in [0.1, 0.15) is 26.2 Å². The average molecular weight is 260 g/mol. The van der Waals surface area contributed by atoms with Crippen molar-refractivity contribution in [2.45, 2.75) is 26.2 Å². The van der Waals surface area contributed by atoms with E-state index < -0.39 is 5.97 Å². The lowest BCUT2D eigenvalue weighted by atomic mass is 10.2. The molecule has 3 N–H and O–H groups in total. The van der Waals surface area contributed by atoms with Crippen molar-refractivity contribution in [2.75, 3.05) is 26.2 Å². The molecule has 0 atom stereocenters. The summed E-state index contributed by atoms with van der Waals surface area (Å²) in [6.07, 6.45) is 0.0338. The number of rotatable bonds is 9. The van der Waals surface area contributed by atoms with Crippen LogP contribution < -0.4 is 5.32 Å². The number of carboxylic acid groups (broad SMARTS) is 1. The molecule has 0 saturated carbocycles. The summed E-state index contributed by atoms with van der Waals surface area (Å²) in [5.74, 6) is -1.49. The monoisotopic (exact) mass is 260 g/mol. The van der Waals surface area contributed by atoms with E-state index in [2.05, 4.69) is 5.32 Å². The van der Waals surface area contributed by atoms with Crippen molar-refractivity contribution in [1.29, 1.82) is 0 Å². The van der Waals surface area contributed by atoms with Crippen LogP contribution in [-0.4, -0.2) is 59.1 Å². The summed E-state index contributed by atoms with van der Waals surface area (Å²) in [5, 5.41) is 19.9. The summed E-state index contributed by atoms with van der Waals surface area (Å²) < 4.78 is 0. The Bertz CT molecular complexity index is 293. The number of hydrogen-bond donors (Lipinski definition) is 3. The summed E-state index contributed by atoms with van der Waals surface area (Å²) in [7, 11) is 0. The second kappa shape index (κ2) is 9.41. The lowest BCUT2D eigenvalue weighted by molar-refractivity contribution is -0.141. The maximum atomic E-state index is 11.6. The average Bonchev–Trinajstić information content (AvgIpc) is 2.34. The number of nitrogens with one attached hydrogen (secondary N) is 1. The van der Waals surface area contributed by atoms with Gasteiger partial charge in [-0.1, -0.05) is 6.92 Å². The smallest absolute Gasteiger partial charge is 0.303 e. The Hall–Kier alpha value is -1.63. The quantitative estimate of drug-likeness (QED) is 0.503. The Balaban J connectivity index is 4.07. The van der Waals surface area contributed by atoms with Gasteiger partial charge in [-0.3, -0.25) is 14.4 Å².